The first-order valence-corrected chi connectivity index (χ1v) is 3.40. The molecule has 0 aliphatic carbocycles. The van der Waals surface area contributed by atoms with Crippen LogP contribution < -0.4 is 0 Å². The van der Waals surface area contributed by atoms with Gasteiger partial charge in [0.1, 0.15) is 0 Å². The zero-order valence-electron chi connectivity index (χ0n) is 6.16. The van der Waals surface area contributed by atoms with E-state index in [9.17, 15) is 4.57 Å². The minimum absolute atomic E-state index is 0. The summed E-state index contributed by atoms with van der Waals surface area (Å²) in [5.41, 5.74) is 0. The second-order valence-corrected chi connectivity index (χ2v) is 2.94. The van der Waals surface area contributed by atoms with Gasteiger partial charge >= 0.3 is 45.3 Å². The normalized spacial score (nSPS) is 10.1. The first kappa shape index (κ1) is 11.2. The quantitative estimate of drug-likeness (QED) is 0.411. The van der Waals surface area contributed by atoms with Gasteiger partial charge in [-0.3, -0.25) is 4.57 Å². The first-order valence-electron chi connectivity index (χ1n) is 1.61. The van der Waals surface area contributed by atoms with Crippen LogP contribution in [-0.2, 0) is 4.57 Å². The Labute approximate surface area is 75.2 Å². The Hall–Kier alpha value is 1.41. The van der Waals surface area contributed by atoms with E-state index in [0.29, 0.717) is 0 Å². The molecule has 0 atom stereocenters. The number of hydrogen-bond acceptors (Lipinski definition) is 1. The van der Waals surface area contributed by atoms with E-state index in [-0.39, 0.29) is 46.8 Å². The fraction of sp³-hybridized carbons (Fsp3) is 1.00. The topological polar surface area (TPSA) is 57.5 Å². The summed E-state index contributed by atoms with van der Waals surface area (Å²) in [6, 6.07) is 0. The van der Waals surface area contributed by atoms with Crippen LogP contribution in [0.15, 0.2) is 0 Å². The van der Waals surface area contributed by atoms with E-state index in [1.807, 2.05) is 0 Å². The summed E-state index contributed by atoms with van der Waals surface area (Å²) < 4.78 is 9.69. The Morgan fingerprint density at radius 1 is 1.71 bits per heavy atom. The summed E-state index contributed by atoms with van der Waals surface area (Å²) in [6.07, 6.45) is -0.0625. The minimum atomic E-state index is -3.65. The van der Waals surface area contributed by atoms with Crippen LogP contribution in [0.5, 0.6) is 0 Å². The van der Waals surface area contributed by atoms with Crippen LogP contribution in [0.2, 0.25) is 0 Å². The molecule has 7 heavy (non-hydrogen) atoms. The molecule has 3 nitrogen and oxygen atoms in total. The Kier molecular flexibility index (Phi) is 6.91. The zero-order chi connectivity index (χ0) is 5.21. The van der Waals surface area contributed by atoms with Crippen molar-refractivity contribution in [1.82, 2.24) is 0 Å². The molecule has 0 aromatic carbocycles. The van der Waals surface area contributed by atoms with Crippen LogP contribution in [0, 0.1) is 0 Å². The molecular formula is C2H9CaO3P. The third kappa shape index (κ3) is 11.2. The average Bonchev–Trinajstić information content (AvgIpc) is 1.35. The SMILES string of the molecule is CCP(=O)(O)O.[Ca+2].[H-].[H-]. The van der Waals surface area contributed by atoms with Crippen LogP contribution in [0.25, 0.3) is 0 Å². The van der Waals surface area contributed by atoms with Crippen molar-refractivity contribution in [3.63, 3.8) is 0 Å². The Balaban J connectivity index is -0.0000000417. The molecule has 2 N–H and O–H groups in total. The second kappa shape index (κ2) is 4.30. The van der Waals surface area contributed by atoms with Gasteiger partial charge in [-0.15, -0.1) is 0 Å². The van der Waals surface area contributed by atoms with E-state index in [4.69, 9.17) is 9.79 Å². The molecular weight excluding hydrogens is 143 g/mol. The van der Waals surface area contributed by atoms with E-state index in [2.05, 4.69) is 0 Å². The van der Waals surface area contributed by atoms with Crippen LogP contribution in [0.4, 0.5) is 0 Å². The third-order valence-corrected chi connectivity index (χ3v) is 1.24. The van der Waals surface area contributed by atoms with E-state index in [0.717, 1.165) is 0 Å². The summed E-state index contributed by atoms with van der Waals surface area (Å²) in [5, 5.41) is 0. The van der Waals surface area contributed by atoms with Crippen molar-refractivity contribution in [2.75, 3.05) is 6.16 Å². The summed E-state index contributed by atoms with van der Waals surface area (Å²) in [7, 11) is -3.65. The molecule has 5 heteroatoms. The number of rotatable bonds is 1. The molecule has 0 aromatic heterocycles. The predicted molar refractivity (Wildman–Crippen MR) is 30.6 cm³/mol. The van der Waals surface area contributed by atoms with Crippen molar-refractivity contribution < 1.29 is 17.2 Å². The van der Waals surface area contributed by atoms with Gasteiger partial charge in [0.25, 0.3) is 0 Å². The molecule has 0 aliphatic heterocycles. The van der Waals surface area contributed by atoms with E-state index in [1.165, 1.54) is 6.92 Å². The average molecular weight is 152 g/mol. The summed E-state index contributed by atoms with van der Waals surface area (Å²) in [4.78, 5) is 15.9. The molecule has 0 unspecified atom stereocenters. The van der Waals surface area contributed by atoms with E-state index in [1.54, 1.807) is 0 Å². The molecule has 0 radical (unpaired) electrons. The summed E-state index contributed by atoms with van der Waals surface area (Å²) in [5.74, 6) is 0. The van der Waals surface area contributed by atoms with Crippen LogP contribution in [-0.4, -0.2) is 53.7 Å². The summed E-state index contributed by atoms with van der Waals surface area (Å²) in [6.45, 7) is 1.45. The molecule has 0 fully saturated rings. The fourth-order valence-electron chi connectivity index (χ4n) is 0. The molecule has 0 amide bonds. The van der Waals surface area contributed by atoms with Gasteiger partial charge in [0, 0.05) is 6.16 Å². The van der Waals surface area contributed by atoms with E-state index < -0.39 is 7.60 Å². The van der Waals surface area contributed by atoms with Gasteiger partial charge in [0.05, 0.1) is 0 Å². The maximum Gasteiger partial charge on any atom is 2.00 e. The first-order chi connectivity index (χ1) is 2.56. The third-order valence-electron chi connectivity index (χ3n) is 0.412. The van der Waals surface area contributed by atoms with Crippen molar-refractivity contribution in [1.29, 1.82) is 0 Å². The zero-order valence-corrected chi connectivity index (χ0v) is 7.27. The number of hydrogen-bond donors (Lipinski definition) is 2. The van der Waals surface area contributed by atoms with Crippen molar-refractivity contribution in [3.05, 3.63) is 0 Å². The molecule has 0 bridgehead atoms. The van der Waals surface area contributed by atoms with Gasteiger partial charge in [-0.2, -0.15) is 0 Å². The molecule has 0 spiro atoms. The Morgan fingerprint density at radius 3 is 1.86 bits per heavy atom. The van der Waals surface area contributed by atoms with Crippen molar-refractivity contribution in [3.8, 4) is 0 Å². The van der Waals surface area contributed by atoms with Gasteiger partial charge in [0.2, 0.25) is 0 Å². The maximum atomic E-state index is 9.69. The van der Waals surface area contributed by atoms with Gasteiger partial charge in [0.15, 0.2) is 0 Å². The van der Waals surface area contributed by atoms with Crippen LogP contribution >= 0.6 is 7.60 Å². The van der Waals surface area contributed by atoms with Crippen LogP contribution in [0.3, 0.4) is 0 Å². The second-order valence-electron chi connectivity index (χ2n) is 0.981. The minimum Gasteiger partial charge on any atom is -1.00 e. The molecule has 0 heterocycles. The van der Waals surface area contributed by atoms with E-state index >= 15 is 0 Å². The molecule has 0 aliphatic rings. The fourth-order valence-corrected chi connectivity index (χ4v) is 0. The predicted octanol–water partition coefficient (Wildman–Crippen LogP) is 0.0282. The van der Waals surface area contributed by atoms with Crippen LogP contribution in [0.1, 0.15) is 9.78 Å². The Morgan fingerprint density at radius 2 is 1.86 bits per heavy atom. The molecule has 0 saturated heterocycles. The summed E-state index contributed by atoms with van der Waals surface area (Å²) >= 11 is 0. The van der Waals surface area contributed by atoms with Gasteiger partial charge in [-0.25, -0.2) is 0 Å². The van der Waals surface area contributed by atoms with Gasteiger partial charge < -0.3 is 12.6 Å². The maximum absolute atomic E-state index is 9.69. The smallest absolute Gasteiger partial charge is 1.00 e. The van der Waals surface area contributed by atoms with Crippen molar-refractivity contribution in [2.24, 2.45) is 0 Å². The monoisotopic (exact) mass is 152 g/mol. The van der Waals surface area contributed by atoms with Gasteiger partial charge in [-0.05, 0) is 0 Å². The molecule has 0 rings (SSSR count). The van der Waals surface area contributed by atoms with Crippen molar-refractivity contribution in [2.45, 2.75) is 6.92 Å². The molecule has 0 saturated carbocycles. The van der Waals surface area contributed by atoms with Crippen molar-refractivity contribution >= 4 is 45.3 Å². The Bertz CT molecular complexity index is 83.9. The molecule has 42 valence electrons. The standard InChI is InChI=1S/C2H7O3P.Ca.2H/c1-2-6(3,4)5;;;/h2H2,1H3,(H2,3,4,5);;;/q;+2;2*-1. The molecule has 0 aromatic rings. The van der Waals surface area contributed by atoms with Gasteiger partial charge in [-0.1, -0.05) is 6.92 Å². The largest absolute Gasteiger partial charge is 2.00 e.